The van der Waals surface area contributed by atoms with Crippen molar-refractivity contribution >= 4 is 17.4 Å². The molecule has 3 aromatic rings. The first-order chi connectivity index (χ1) is 11.3. The number of hydrogen-bond acceptors (Lipinski definition) is 6. The molecule has 0 saturated heterocycles. The average molecular weight is 326 g/mol. The van der Waals surface area contributed by atoms with E-state index >= 15 is 0 Å². The molecule has 2 aromatic heterocycles. The van der Waals surface area contributed by atoms with Gasteiger partial charge in [0, 0.05) is 11.8 Å². The molecule has 0 bridgehead atoms. The van der Waals surface area contributed by atoms with Crippen LogP contribution < -0.4 is 10.1 Å². The number of hydrogen-bond donors (Lipinski definition) is 1. The highest BCUT2D eigenvalue weighted by Gasteiger charge is 2.22. The number of carbonyl (C=O) groups is 1. The minimum Gasteiger partial charge on any atom is -0.496 e. The molecular formula is C16H14N4O2S. The summed E-state index contributed by atoms with van der Waals surface area (Å²) < 4.78 is 9.14. The largest absolute Gasteiger partial charge is 0.496 e. The van der Waals surface area contributed by atoms with Gasteiger partial charge in [-0.25, -0.2) is 0 Å². The lowest BCUT2D eigenvalue weighted by molar-refractivity contribution is 0.0946. The fourth-order valence-electron chi connectivity index (χ4n) is 2.23. The molecule has 0 radical (unpaired) electrons. The molecule has 3 rings (SSSR count). The van der Waals surface area contributed by atoms with Crippen LogP contribution in [0.3, 0.4) is 0 Å². The second-order valence-corrected chi connectivity index (χ2v) is 5.47. The molecule has 7 heteroatoms. The number of nitrogens with one attached hydrogen (secondary N) is 1. The fourth-order valence-corrected chi connectivity index (χ4v) is 2.65. The minimum atomic E-state index is -0.429. The lowest BCUT2D eigenvalue weighted by atomic mass is 10.0. The van der Waals surface area contributed by atoms with Crippen molar-refractivity contribution in [2.45, 2.75) is 6.04 Å². The quantitative estimate of drug-likeness (QED) is 0.779. The van der Waals surface area contributed by atoms with Crippen LogP contribution in [-0.4, -0.2) is 27.6 Å². The van der Waals surface area contributed by atoms with Crippen molar-refractivity contribution in [3.05, 3.63) is 71.0 Å². The second-order valence-electron chi connectivity index (χ2n) is 4.68. The second kappa shape index (κ2) is 6.97. The molecule has 0 aliphatic rings. The Bertz CT molecular complexity index is 778. The Labute approximate surface area is 137 Å². The molecule has 2 heterocycles. The molecule has 1 amide bonds. The zero-order chi connectivity index (χ0) is 16.1. The van der Waals surface area contributed by atoms with Crippen LogP contribution in [0.4, 0.5) is 0 Å². The minimum absolute atomic E-state index is 0.249. The molecule has 0 aliphatic heterocycles. The molecular weight excluding hydrogens is 312 g/mol. The summed E-state index contributed by atoms with van der Waals surface area (Å²) >= 11 is 1.05. The lowest BCUT2D eigenvalue weighted by Gasteiger charge is -2.20. The van der Waals surface area contributed by atoms with Gasteiger partial charge in [-0.1, -0.05) is 28.8 Å². The number of nitrogens with zero attached hydrogens (tertiary/aromatic N) is 3. The van der Waals surface area contributed by atoms with Crippen molar-refractivity contribution in [2.75, 3.05) is 7.11 Å². The van der Waals surface area contributed by atoms with E-state index in [-0.39, 0.29) is 5.91 Å². The monoisotopic (exact) mass is 326 g/mol. The topological polar surface area (TPSA) is 77.0 Å². The van der Waals surface area contributed by atoms with Gasteiger partial charge >= 0.3 is 0 Å². The average Bonchev–Trinajstić information content (AvgIpc) is 3.15. The van der Waals surface area contributed by atoms with Gasteiger partial charge in [-0.05, 0) is 29.7 Å². The van der Waals surface area contributed by atoms with Gasteiger partial charge in [-0.3, -0.25) is 9.78 Å². The van der Waals surface area contributed by atoms with Crippen molar-refractivity contribution in [3.63, 3.8) is 0 Å². The highest BCUT2D eigenvalue weighted by atomic mass is 32.1. The van der Waals surface area contributed by atoms with Gasteiger partial charge in [0.25, 0.3) is 5.91 Å². The summed E-state index contributed by atoms with van der Waals surface area (Å²) in [5, 5.41) is 6.67. The Morgan fingerprint density at radius 2 is 2.04 bits per heavy atom. The van der Waals surface area contributed by atoms with Gasteiger partial charge in [-0.2, -0.15) is 0 Å². The van der Waals surface area contributed by atoms with Crippen molar-refractivity contribution < 1.29 is 9.53 Å². The van der Waals surface area contributed by atoms with E-state index in [0.29, 0.717) is 10.6 Å². The number of methoxy groups -OCH3 is 1. The van der Waals surface area contributed by atoms with Crippen LogP contribution >= 0.6 is 11.5 Å². The third-order valence-electron chi connectivity index (χ3n) is 3.29. The number of benzene rings is 1. The van der Waals surface area contributed by atoms with Crippen molar-refractivity contribution in [1.82, 2.24) is 19.9 Å². The van der Waals surface area contributed by atoms with Crippen LogP contribution in [0.15, 0.2) is 54.9 Å². The predicted molar refractivity (Wildman–Crippen MR) is 86.4 cm³/mol. The molecule has 6 nitrogen and oxygen atoms in total. The van der Waals surface area contributed by atoms with Gasteiger partial charge in [0.2, 0.25) is 0 Å². The fraction of sp³-hybridized carbons (Fsp3) is 0.125. The van der Waals surface area contributed by atoms with Gasteiger partial charge in [0.05, 0.1) is 19.0 Å². The summed E-state index contributed by atoms with van der Waals surface area (Å²) in [5.74, 6) is 0.437. The highest BCUT2D eigenvalue weighted by Crippen LogP contribution is 2.29. The van der Waals surface area contributed by atoms with Crippen molar-refractivity contribution in [2.24, 2.45) is 0 Å². The van der Waals surface area contributed by atoms with E-state index in [4.69, 9.17) is 4.74 Å². The first-order valence-electron chi connectivity index (χ1n) is 6.91. The molecule has 116 valence electrons. The Balaban J connectivity index is 1.99. The maximum atomic E-state index is 12.4. The summed E-state index contributed by atoms with van der Waals surface area (Å²) in [5.41, 5.74) is 1.56. The van der Waals surface area contributed by atoms with E-state index in [0.717, 1.165) is 22.8 Å². The van der Waals surface area contributed by atoms with Crippen LogP contribution in [0.25, 0.3) is 0 Å². The number of ether oxygens (including phenoxy) is 1. The zero-order valence-corrected chi connectivity index (χ0v) is 13.2. The maximum absolute atomic E-state index is 12.4. The van der Waals surface area contributed by atoms with Crippen LogP contribution in [0.1, 0.15) is 27.0 Å². The van der Waals surface area contributed by atoms with E-state index in [1.807, 2.05) is 42.5 Å². The number of pyridine rings is 1. The molecule has 0 spiro atoms. The SMILES string of the molecule is COc1ccccc1[C@H](NC(=O)c1cnns1)c1ccccn1. The maximum Gasteiger partial charge on any atom is 0.265 e. The van der Waals surface area contributed by atoms with Crippen LogP contribution in [0, 0.1) is 0 Å². The van der Waals surface area contributed by atoms with Crippen molar-refractivity contribution in [1.29, 1.82) is 0 Å². The van der Waals surface area contributed by atoms with Gasteiger partial charge in [0.15, 0.2) is 0 Å². The Morgan fingerprint density at radius 1 is 1.22 bits per heavy atom. The van der Waals surface area contributed by atoms with E-state index < -0.39 is 6.04 Å². The van der Waals surface area contributed by atoms with E-state index in [2.05, 4.69) is 19.9 Å². The van der Waals surface area contributed by atoms with Crippen LogP contribution in [0.2, 0.25) is 0 Å². The zero-order valence-electron chi connectivity index (χ0n) is 12.3. The van der Waals surface area contributed by atoms with Crippen molar-refractivity contribution in [3.8, 4) is 5.75 Å². The summed E-state index contributed by atoms with van der Waals surface area (Å²) in [6.45, 7) is 0. The molecule has 1 aromatic carbocycles. The number of para-hydroxylation sites is 1. The number of amides is 1. The third kappa shape index (κ3) is 3.35. The Kier molecular flexibility index (Phi) is 4.58. The molecule has 23 heavy (non-hydrogen) atoms. The normalized spacial score (nSPS) is 11.7. The van der Waals surface area contributed by atoms with E-state index in [9.17, 15) is 4.79 Å². The van der Waals surface area contributed by atoms with Gasteiger partial charge in [-0.15, -0.1) is 5.10 Å². The summed E-state index contributed by atoms with van der Waals surface area (Å²) in [7, 11) is 1.60. The molecule has 0 fully saturated rings. The summed E-state index contributed by atoms with van der Waals surface area (Å²) in [4.78, 5) is 17.2. The number of carbonyl (C=O) groups excluding carboxylic acids is 1. The molecule has 0 aliphatic carbocycles. The highest BCUT2D eigenvalue weighted by molar-refractivity contribution is 7.07. The standard InChI is InChI=1S/C16H14N4O2S/c1-22-13-8-3-2-6-11(13)15(12-7-4-5-9-17-12)19-16(21)14-10-18-20-23-14/h2-10,15H,1H3,(H,19,21)/t15-/m0/s1. The molecule has 0 unspecified atom stereocenters. The number of rotatable bonds is 5. The van der Waals surface area contributed by atoms with Gasteiger partial charge < -0.3 is 10.1 Å². The van der Waals surface area contributed by atoms with Crippen LogP contribution in [0.5, 0.6) is 5.75 Å². The van der Waals surface area contributed by atoms with Gasteiger partial charge in [0.1, 0.15) is 16.7 Å². The lowest BCUT2D eigenvalue weighted by Crippen LogP contribution is -2.29. The van der Waals surface area contributed by atoms with E-state index in [1.54, 1.807) is 13.3 Å². The smallest absolute Gasteiger partial charge is 0.265 e. The Morgan fingerprint density at radius 3 is 2.74 bits per heavy atom. The molecule has 1 atom stereocenters. The Hall–Kier alpha value is -2.80. The summed E-state index contributed by atoms with van der Waals surface area (Å²) in [6.07, 6.45) is 3.13. The predicted octanol–water partition coefficient (Wildman–Crippen LogP) is 2.46. The molecule has 1 N–H and O–H groups in total. The molecule has 0 saturated carbocycles. The first kappa shape index (κ1) is 15.1. The van der Waals surface area contributed by atoms with E-state index in [1.165, 1.54) is 6.20 Å². The third-order valence-corrected chi connectivity index (χ3v) is 3.96. The number of aromatic nitrogens is 3. The van der Waals surface area contributed by atoms with Crippen LogP contribution in [-0.2, 0) is 0 Å². The first-order valence-corrected chi connectivity index (χ1v) is 7.69. The summed E-state index contributed by atoms with van der Waals surface area (Å²) in [6, 6.07) is 12.7.